The summed E-state index contributed by atoms with van der Waals surface area (Å²) in [6, 6.07) is 0.729. The maximum Gasteiger partial charge on any atom is 0.0198 e. The summed E-state index contributed by atoms with van der Waals surface area (Å²) in [6.45, 7) is 10.8. The first kappa shape index (κ1) is 12.7. The zero-order chi connectivity index (χ0) is 10.8. The summed E-state index contributed by atoms with van der Waals surface area (Å²) in [5.41, 5.74) is 0.629. The van der Waals surface area contributed by atoms with Crippen molar-refractivity contribution in [3.63, 3.8) is 0 Å². The second-order valence-corrected chi connectivity index (χ2v) is 6.58. The molecule has 0 amide bonds. The van der Waals surface area contributed by atoms with Crippen molar-refractivity contribution in [2.45, 2.75) is 39.7 Å². The summed E-state index contributed by atoms with van der Waals surface area (Å²) in [6.07, 6.45) is 2.69. The van der Waals surface area contributed by atoms with E-state index in [1.807, 2.05) is 0 Å². The highest BCUT2D eigenvalue weighted by Crippen LogP contribution is 2.38. The van der Waals surface area contributed by atoms with Crippen LogP contribution in [0.3, 0.4) is 0 Å². The molecule has 0 bridgehead atoms. The first-order valence-electron chi connectivity index (χ1n) is 5.60. The molecule has 0 spiro atoms. The Morgan fingerprint density at radius 2 is 2.00 bits per heavy atom. The number of likely N-dealkylation sites (tertiary alicyclic amines) is 1. The lowest BCUT2D eigenvalue weighted by atomic mass is 9.74. The van der Waals surface area contributed by atoms with E-state index in [9.17, 15) is 0 Å². The van der Waals surface area contributed by atoms with Gasteiger partial charge in [-0.25, -0.2) is 0 Å². The first-order chi connectivity index (χ1) is 6.49. The van der Waals surface area contributed by atoms with Crippen LogP contribution >= 0.6 is 22.9 Å². The molecule has 0 aromatic rings. The smallest absolute Gasteiger partial charge is 0.0198 e. The molecule has 0 N–H and O–H groups in total. The summed E-state index contributed by atoms with van der Waals surface area (Å²) < 4.78 is 2.27. The van der Waals surface area contributed by atoms with Crippen LogP contribution in [0.1, 0.15) is 33.6 Å². The van der Waals surface area contributed by atoms with E-state index in [0.29, 0.717) is 5.41 Å². The fourth-order valence-electron chi connectivity index (χ4n) is 2.13. The summed E-state index contributed by atoms with van der Waals surface area (Å²) >= 11 is 2.38. The monoisotopic (exact) mass is 310 g/mol. The van der Waals surface area contributed by atoms with E-state index >= 15 is 0 Å². The zero-order valence-corrected chi connectivity index (χ0v) is 12.0. The highest BCUT2D eigenvalue weighted by molar-refractivity contribution is 14.1. The lowest BCUT2D eigenvalue weighted by Gasteiger charge is -2.52. The molecule has 0 unspecified atom stereocenters. The number of halogens is 1. The quantitative estimate of drug-likeness (QED) is 0.569. The van der Waals surface area contributed by atoms with Crippen LogP contribution in [0, 0.1) is 5.41 Å². The van der Waals surface area contributed by atoms with E-state index < -0.39 is 0 Å². The van der Waals surface area contributed by atoms with Gasteiger partial charge < -0.3 is 0 Å². The predicted octanol–water partition coefficient (Wildman–Crippen LogP) is 2.78. The average molecular weight is 310 g/mol. The van der Waals surface area contributed by atoms with Crippen molar-refractivity contribution >= 4 is 22.9 Å². The number of hydrogen-bond donors (Lipinski definition) is 0. The zero-order valence-electron chi connectivity index (χ0n) is 9.89. The fraction of sp³-hybridized carbons (Fsp3) is 1.00. The Balaban J connectivity index is 2.33. The molecule has 14 heavy (non-hydrogen) atoms. The Bertz CT molecular complexity index is 169. The Morgan fingerprint density at radius 1 is 1.43 bits per heavy atom. The maximum atomic E-state index is 2.58. The highest BCUT2D eigenvalue weighted by atomic mass is 127. The van der Waals surface area contributed by atoms with Crippen LogP contribution in [-0.4, -0.2) is 40.7 Å². The Morgan fingerprint density at radius 3 is 2.36 bits per heavy atom. The van der Waals surface area contributed by atoms with Gasteiger partial charge in [-0.05, 0) is 39.2 Å². The molecule has 84 valence electrons. The Kier molecular flexibility index (Phi) is 4.65. The van der Waals surface area contributed by atoms with Gasteiger partial charge >= 0.3 is 0 Å². The van der Waals surface area contributed by atoms with Crippen LogP contribution < -0.4 is 0 Å². The molecule has 0 radical (unpaired) electrons. The highest BCUT2D eigenvalue weighted by Gasteiger charge is 2.41. The lowest BCUT2D eigenvalue weighted by Crippen LogP contribution is -2.58. The Labute approximate surface area is 103 Å². The van der Waals surface area contributed by atoms with Crippen molar-refractivity contribution in [3.05, 3.63) is 0 Å². The molecule has 0 aromatic carbocycles. The molecule has 1 rings (SSSR count). The van der Waals surface area contributed by atoms with Crippen LogP contribution in [0.2, 0.25) is 0 Å². The summed E-state index contributed by atoms with van der Waals surface area (Å²) in [5.74, 6) is 0. The third-order valence-corrected chi connectivity index (χ3v) is 3.99. The van der Waals surface area contributed by atoms with Crippen molar-refractivity contribution in [1.82, 2.24) is 8.01 Å². The largest absolute Gasteiger partial charge is 0.300 e. The third-order valence-electron chi connectivity index (χ3n) is 3.51. The van der Waals surface area contributed by atoms with Gasteiger partial charge in [-0.2, -0.15) is 0 Å². The summed E-state index contributed by atoms with van der Waals surface area (Å²) in [5, 5.41) is 0. The predicted molar refractivity (Wildman–Crippen MR) is 70.7 cm³/mol. The molecule has 1 aliphatic heterocycles. The van der Waals surface area contributed by atoms with Crippen molar-refractivity contribution in [3.8, 4) is 0 Å². The van der Waals surface area contributed by atoms with Gasteiger partial charge in [0.15, 0.2) is 0 Å². The van der Waals surface area contributed by atoms with E-state index in [0.717, 1.165) is 6.04 Å². The molecule has 0 atom stereocenters. The van der Waals surface area contributed by atoms with Crippen LogP contribution in [0.4, 0.5) is 0 Å². The van der Waals surface area contributed by atoms with Crippen molar-refractivity contribution in [2.75, 3.05) is 26.7 Å². The van der Waals surface area contributed by atoms with Gasteiger partial charge in [-0.1, -0.05) is 6.92 Å². The second-order valence-electron chi connectivity index (χ2n) is 4.93. The van der Waals surface area contributed by atoms with Gasteiger partial charge in [0.2, 0.25) is 0 Å². The Hall–Kier alpha value is 0.650. The molecule has 0 aromatic heterocycles. The van der Waals surface area contributed by atoms with Gasteiger partial charge in [0.05, 0.1) is 0 Å². The number of nitrogens with zero attached hydrogens (tertiary/aromatic N) is 2. The molecule has 1 fully saturated rings. The van der Waals surface area contributed by atoms with E-state index in [1.165, 1.54) is 32.5 Å². The molecule has 1 aliphatic rings. The minimum absolute atomic E-state index is 0.629. The molecule has 2 nitrogen and oxygen atoms in total. The minimum Gasteiger partial charge on any atom is -0.300 e. The molecule has 1 heterocycles. The maximum absolute atomic E-state index is 2.58. The molecule has 0 aliphatic carbocycles. The van der Waals surface area contributed by atoms with Crippen molar-refractivity contribution in [1.29, 1.82) is 0 Å². The van der Waals surface area contributed by atoms with Crippen LogP contribution in [0.15, 0.2) is 0 Å². The topological polar surface area (TPSA) is 6.48 Å². The summed E-state index contributed by atoms with van der Waals surface area (Å²) in [4.78, 5) is 2.58. The summed E-state index contributed by atoms with van der Waals surface area (Å²) in [7, 11) is 2.16. The van der Waals surface area contributed by atoms with Crippen LogP contribution in [-0.2, 0) is 0 Å². The van der Waals surface area contributed by atoms with Gasteiger partial charge in [-0.3, -0.25) is 8.01 Å². The normalized spacial score (nSPS) is 21.6. The minimum atomic E-state index is 0.629. The van der Waals surface area contributed by atoms with Gasteiger partial charge in [0.1, 0.15) is 0 Å². The van der Waals surface area contributed by atoms with Gasteiger partial charge in [0, 0.05) is 48.5 Å². The molecule has 3 heteroatoms. The SMILES string of the molecule is CCC1(CCN(C)I)CN(C(C)C)C1. The number of rotatable bonds is 5. The molecular weight excluding hydrogens is 287 g/mol. The third kappa shape index (κ3) is 3.07. The molecule has 1 saturated heterocycles. The second kappa shape index (κ2) is 5.12. The fourth-order valence-corrected chi connectivity index (χ4v) is 2.37. The lowest BCUT2D eigenvalue weighted by molar-refractivity contribution is -0.0316. The van der Waals surface area contributed by atoms with Gasteiger partial charge in [0.25, 0.3) is 0 Å². The van der Waals surface area contributed by atoms with E-state index in [1.54, 1.807) is 0 Å². The van der Waals surface area contributed by atoms with Crippen LogP contribution in [0.5, 0.6) is 0 Å². The molecular formula is C11H23IN2. The first-order valence-corrected chi connectivity index (χ1v) is 6.56. The van der Waals surface area contributed by atoms with Crippen molar-refractivity contribution in [2.24, 2.45) is 5.41 Å². The average Bonchev–Trinajstić information content (AvgIpc) is 2.02. The molecule has 0 saturated carbocycles. The number of hydrogen-bond acceptors (Lipinski definition) is 2. The van der Waals surface area contributed by atoms with E-state index in [4.69, 9.17) is 0 Å². The van der Waals surface area contributed by atoms with Crippen molar-refractivity contribution < 1.29 is 0 Å². The standard InChI is InChI=1S/C11H23IN2/c1-5-11(6-7-13(4)12)8-14(9-11)10(2)3/h10H,5-9H2,1-4H3. The van der Waals surface area contributed by atoms with Crippen LogP contribution in [0.25, 0.3) is 0 Å². The van der Waals surface area contributed by atoms with Gasteiger partial charge in [-0.15, -0.1) is 0 Å². The van der Waals surface area contributed by atoms with E-state index in [2.05, 4.69) is 58.7 Å². The van der Waals surface area contributed by atoms with E-state index in [-0.39, 0.29) is 0 Å².